The molecule has 0 spiro atoms. The summed E-state index contributed by atoms with van der Waals surface area (Å²) in [6.45, 7) is 2.44. The van der Waals surface area contributed by atoms with E-state index < -0.39 is 0 Å². The van der Waals surface area contributed by atoms with E-state index >= 15 is 0 Å². The van der Waals surface area contributed by atoms with Gasteiger partial charge in [-0.2, -0.15) is 0 Å². The van der Waals surface area contributed by atoms with Crippen molar-refractivity contribution in [2.24, 2.45) is 0 Å². The zero-order valence-electron chi connectivity index (χ0n) is 10.9. The van der Waals surface area contributed by atoms with Crippen molar-refractivity contribution in [1.82, 2.24) is 4.98 Å². The number of aromatic nitrogens is 1. The van der Waals surface area contributed by atoms with Gasteiger partial charge in [0.2, 0.25) is 0 Å². The van der Waals surface area contributed by atoms with Crippen LogP contribution in [0.3, 0.4) is 0 Å². The zero-order valence-corrected chi connectivity index (χ0v) is 11.7. The molecule has 20 heavy (non-hydrogen) atoms. The van der Waals surface area contributed by atoms with Crippen LogP contribution in [0.2, 0.25) is 0 Å². The minimum atomic E-state index is -0.0992. The van der Waals surface area contributed by atoms with Crippen LogP contribution in [0.5, 0.6) is 11.5 Å². The first-order valence-electron chi connectivity index (χ1n) is 6.24. The first kappa shape index (κ1) is 12.7. The number of nitrogens with one attached hydrogen (secondary N) is 1. The van der Waals surface area contributed by atoms with Crippen molar-refractivity contribution >= 4 is 27.2 Å². The molecule has 0 saturated carbocycles. The van der Waals surface area contributed by atoms with Crippen molar-refractivity contribution in [3.8, 4) is 11.5 Å². The van der Waals surface area contributed by atoms with Crippen LogP contribution in [0.4, 0.5) is 5.69 Å². The average molecular weight is 286 g/mol. The number of aryl methyl sites for hydroxylation is 1. The monoisotopic (exact) mass is 286 g/mol. The maximum Gasteiger partial charge on any atom is 0.162 e. The molecule has 0 atom stereocenters. The van der Waals surface area contributed by atoms with Crippen LogP contribution in [0.1, 0.15) is 10.6 Å². The number of phenolic OH excluding ortho intramolecular Hbond substituents is 2. The third-order valence-corrected chi connectivity index (χ3v) is 4.01. The van der Waals surface area contributed by atoms with Crippen LogP contribution in [0.15, 0.2) is 36.4 Å². The SMILES string of the molecule is Cc1nc2ccc(NCc3cccc(O)c3O)cc2s1. The molecule has 0 radical (unpaired) electrons. The fourth-order valence-corrected chi connectivity index (χ4v) is 2.93. The molecule has 0 aliphatic rings. The van der Waals surface area contributed by atoms with E-state index in [0.29, 0.717) is 12.1 Å². The van der Waals surface area contributed by atoms with Crippen LogP contribution < -0.4 is 5.32 Å². The predicted molar refractivity (Wildman–Crippen MR) is 81.5 cm³/mol. The van der Waals surface area contributed by atoms with Crippen LogP contribution in [0, 0.1) is 6.92 Å². The predicted octanol–water partition coefficient (Wildman–Crippen LogP) is 3.63. The first-order valence-corrected chi connectivity index (χ1v) is 7.06. The highest BCUT2D eigenvalue weighted by atomic mass is 32.1. The molecule has 0 bridgehead atoms. The summed E-state index contributed by atoms with van der Waals surface area (Å²) < 4.78 is 1.13. The summed E-state index contributed by atoms with van der Waals surface area (Å²) in [5.41, 5.74) is 2.62. The molecule has 1 aromatic heterocycles. The van der Waals surface area contributed by atoms with Crippen LogP contribution in [-0.4, -0.2) is 15.2 Å². The number of fused-ring (bicyclic) bond motifs is 1. The fraction of sp³-hybridized carbons (Fsp3) is 0.133. The molecule has 3 aromatic rings. The molecule has 3 rings (SSSR count). The lowest BCUT2D eigenvalue weighted by Crippen LogP contribution is -1.99. The molecule has 5 heteroatoms. The molecule has 0 aliphatic carbocycles. The quantitative estimate of drug-likeness (QED) is 0.643. The van der Waals surface area contributed by atoms with Crippen molar-refractivity contribution in [3.05, 3.63) is 47.0 Å². The van der Waals surface area contributed by atoms with Crippen molar-refractivity contribution in [2.45, 2.75) is 13.5 Å². The van der Waals surface area contributed by atoms with Crippen LogP contribution >= 0.6 is 11.3 Å². The number of para-hydroxylation sites is 1. The number of phenols is 2. The first-order chi connectivity index (χ1) is 9.63. The van der Waals surface area contributed by atoms with E-state index in [4.69, 9.17) is 0 Å². The third kappa shape index (κ3) is 2.40. The van der Waals surface area contributed by atoms with Gasteiger partial charge in [0.05, 0.1) is 15.2 Å². The second-order valence-corrected chi connectivity index (χ2v) is 5.79. The summed E-state index contributed by atoms with van der Waals surface area (Å²) in [6, 6.07) is 10.9. The molecule has 0 aliphatic heterocycles. The van der Waals surface area contributed by atoms with E-state index in [1.807, 2.05) is 25.1 Å². The summed E-state index contributed by atoms with van der Waals surface area (Å²) in [6.07, 6.45) is 0. The largest absolute Gasteiger partial charge is 0.504 e. The van der Waals surface area contributed by atoms with Gasteiger partial charge >= 0.3 is 0 Å². The van der Waals surface area contributed by atoms with E-state index in [-0.39, 0.29) is 11.5 Å². The maximum absolute atomic E-state index is 9.75. The number of anilines is 1. The van der Waals surface area contributed by atoms with Gasteiger partial charge in [-0.25, -0.2) is 4.98 Å². The number of aromatic hydroxyl groups is 2. The molecule has 0 fully saturated rings. The van der Waals surface area contributed by atoms with Gasteiger partial charge in [0.1, 0.15) is 0 Å². The number of thiazole rings is 1. The van der Waals surface area contributed by atoms with Crippen LogP contribution in [-0.2, 0) is 6.54 Å². The highest BCUT2D eigenvalue weighted by molar-refractivity contribution is 7.18. The van der Waals surface area contributed by atoms with Crippen molar-refractivity contribution < 1.29 is 10.2 Å². The number of hydrogen-bond acceptors (Lipinski definition) is 5. The van der Waals surface area contributed by atoms with Gasteiger partial charge < -0.3 is 15.5 Å². The third-order valence-electron chi connectivity index (χ3n) is 3.08. The Balaban J connectivity index is 1.81. The van der Waals surface area contributed by atoms with Gasteiger partial charge in [0.15, 0.2) is 11.5 Å². The minimum absolute atomic E-state index is 0.0743. The summed E-state index contributed by atoms with van der Waals surface area (Å²) in [4.78, 5) is 4.42. The number of rotatable bonds is 3. The van der Waals surface area contributed by atoms with Crippen molar-refractivity contribution in [3.63, 3.8) is 0 Å². The lowest BCUT2D eigenvalue weighted by Gasteiger charge is -2.09. The molecule has 0 amide bonds. The van der Waals surface area contributed by atoms with E-state index in [2.05, 4.69) is 10.3 Å². The molecule has 3 N–H and O–H groups in total. The van der Waals surface area contributed by atoms with Gasteiger partial charge in [0.25, 0.3) is 0 Å². The van der Waals surface area contributed by atoms with E-state index in [1.54, 1.807) is 23.5 Å². The lowest BCUT2D eigenvalue weighted by molar-refractivity contribution is 0.400. The Labute approximate surface area is 120 Å². The molecule has 102 valence electrons. The van der Waals surface area contributed by atoms with Gasteiger partial charge in [-0.15, -0.1) is 11.3 Å². The Morgan fingerprint density at radius 3 is 2.90 bits per heavy atom. The van der Waals surface area contributed by atoms with Gasteiger partial charge in [-0.05, 0) is 31.2 Å². The number of benzene rings is 2. The Kier molecular flexibility index (Phi) is 3.20. The highest BCUT2D eigenvalue weighted by Crippen LogP contribution is 2.29. The molecular weight excluding hydrogens is 272 g/mol. The topological polar surface area (TPSA) is 65.4 Å². The zero-order chi connectivity index (χ0) is 14.1. The van der Waals surface area contributed by atoms with E-state index in [0.717, 1.165) is 20.9 Å². The Bertz CT molecular complexity index is 768. The number of hydrogen-bond donors (Lipinski definition) is 3. The molecule has 4 nitrogen and oxygen atoms in total. The summed E-state index contributed by atoms with van der Waals surface area (Å²) >= 11 is 1.65. The second-order valence-electron chi connectivity index (χ2n) is 4.55. The fourth-order valence-electron chi connectivity index (χ4n) is 2.07. The van der Waals surface area contributed by atoms with Gasteiger partial charge in [-0.3, -0.25) is 0 Å². The van der Waals surface area contributed by atoms with Crippen molar-refractivity contribution in [2.75, 3.05) is 5.32 Å². The summed E-state index contributed by atoms with van der Waals surface area (Å²) in [5.74, 6) is -0.174. The van der Waals surface area contributed by atoms with Crippen molar-refractivity contribution in [1.29, 1.82) is 0 Å². The van der Waals surface area contributed by atoms with E-state index in [1.165, 1.54) is 6.07 Å². The molecular formula is C15H14N2O2S. The Morgan fingerprint density at radius 1 is 1.20 bits per heavy atom. The van der Waals surface area contributed by atoms with Crippen LogP contribution in [0.25, 0.3) is 10.2 Å². The average Bonchev–Trinajstić information content (AvgIpc) is 2.79. The smallest absolute Gasteiger partial charge is 0.162 e. The summed E-state index contributed by atoms with van der Waals surface area (Å²) in [5, 5.41) is 23.5. The van der Waals surface area contributed by atoms with E-state index in [9.17, 15) is 10.2 Å². The Morgan fingerprint density at radius 2 is 2.05 bits per heavy atom. The molecule has 0 unspecified atom stereocenters. The lowest BCUT2D eigenvalue weighted by atomic mass is 10.2. The van der Waals surface area contributed by atoms with Gasteiger partial charge in [0, 0.05) is 17.8 Å². The minimum Gasteiger partial charge on any atom is -0.504 e. The molecule has 2 aromatic carbocycles. The highest BCUT2D eigenvalue weighted by Gasteiger charge is 2.06. The molecule has 1 heterocycles. The molecule has 0 saturated heterocycles. The Hall–Kier alpha value is -2.27. The van der Waals surface area contributed by atoms with Gasteiger partial charge in [-0.1, -0.05) is 12.1 Å². The maximum atomic E-state index is 9.75. The second kappa shape index (κ2) is 5.02. The normalized spacial score (nSPS) is 10.8. The number of nitrogens with zero attached hydrogens (tertiary/aromatic N) is 1. The standard InChI is InChI=1S/C15H14N2O2S/c1-9-17-12-6-5-11(7-14(12)20-9)16-8-10-3-2-4-13(18)15(10)19/h2-7,16,18-19H,8H2,1H3. The summed E-state index contributed by atoms with van der Waals surface area (Å²) in [7, 11) is 0.